The van der Waals surface area contributed by atoms with Crippen molar-refractivity contribution < 1.29 is 19.8 Å². The number of likely N-dealkylation sites (tertiary alicyclic amines) is 1. The van der Waals surface area contributed by atoms with E-state index in [0.717, 1.165) is 11.1 Å². The summed E-state index contributed by atoms with van der Waals surface area (Å²) >= 11 is 0. The highest BCUT2D eigenvalue weighted by atomic mass is 16.4. The molecule has 6 nitrogen and oxygen atoms in total. The molecular weight excluding hydrogens is 272 g/mol. The van der Waals surface area contributed by atoms with Crippen LogP contribution in [-0.4, -0.2) is 45.8 Å². The van der Waals surface area contributed by atoms with Crippen LogP contribution in [0.5, 0.6) is 0 Å². The van der Waals surface area contributed by atoms with Crippen molar-refractivity contribution in [1.29, 1.82) is 0 Å². The fourth-order valence-corrected chi connectivity index (χ4v) is 2.69. The maximum atomic E-state index is 12.2. The van der Waals surface area contributed by atoms with Crippen molar-refractivity contribution in [2.24, 2.45) is 0 Å². The highest BCUT2D eigenvalue weighted by molar-refractivity contribution is 5.83. The fraction of sp³-hybridized carbons (Fsp3) is 0.467. The SMILES string of the molecule is Cc1ccccc1C(C)NC(=O)N1C[C@@H](O)C[C@H]1C(=O)O. The normalized spacial score (nSPS) is 22.9. The number of nitrogens with zero attached hydrogens (tertiary/aromatic N) is 1. The smallest absolute Gasteiger partial charge is 0.326 e. The van der Waals surface area contributed by atoms with Gasteiger partial charge in [0, 0.05) is 13.0 Å². The predicted molar refractivity (Wildman–Crippen MR) is 76.9 cm³/mol. The van der Waals surface area contributed by atoms with Crippen molar-refractivity contribution in [2.75, 3.05) is 6.54 Å². The molecule has 1 aromatic rings. The van der Waals surface area contributed by atoms with Crippen LogP contribution >= 0.6 is 0 Å². The van der Waals surface area contributed by atoms with Gasteiger partial charge in [-0.1, -0.05) is 24.3 Å². The number of hydrogen-bond acceptors (Lipinski definition) is 3. The molecule has 21 heavy (non-hydrogen) atoms. The third-order valence-electron chi connectivity index (χ3n) is 3.82. The Bertz CT molecular complexity index is 546. The first-order valence-electron chi connectivity index (χ1n) is 6.93. The molecule has 1 fully saturated rings. The number of rotatable bonds is 3. The number of amides is 2. The van der Waals surface area contributed by atoms with E-state index in [2.05, 4.69) is 5.32 Å². The van der Waals surface area contributed by atoms with Crippen LogP contribution in [0.1, 0.15) is 30.5 Å². The molecular formula is C15H20N2O4. The van der Waals surface area contributed by atoms with Crippen LogP contribution in [-0.2, 0) is 4.79 Å². The van der Waals surface area contributed by atoms with Crippen molar-refractivity contribution in [3.05, 3.63) is 35.4 Å². The molecule has 1 heterocycles. The number of aliphatic hydroxyl groups excluding tert-OH is 1. The summed E-state index contributed by atoms with van der Waals surface area (Å²) in [6, 6.07) is 6.03. The van der Waals surface area contributed by atoms with Gasteiger partial charge in [-0.15, -0.1) is 0 Å². The maximum Gasteiger partial charge on any atom is 0.326 e. The topological polar surface area (TPSA) is 89.9 Å². The third-order valence-corrected chi connectivity index (χ3v) is 3.82. The van der Waals surface area contributed by atoms with Gasteiger partial charge in [-0.05, 0) is 25.0 Å². The molecule has 0 spiro atoms. The molecule has 1 aliphatic heterocycles. The molecule has 2 amide bonds. The van der Waals surface area contributed by atoms with Crippen LogP contribution in [0.2, 0.25) is 0 Å². The summed E-state index contributed by atoms with van der Waals surface area (Å²) < 4.78 is 0. The minimum Gasteiger partial charge on any atom is -0.480 e. The molecule has 1 aromatic carbocycles. The van der Waals surface area contributed by atoms with Crippen molar-refractivity contribution in [3.8, 4) is 0 Å². The summed E-state index contributed by atoms with van der Waals surface area (Å²) in [5, 5.41) is 21.5. The molecule has 3 N–H and O–H groups in total. The molecule has 1 aliphatic rings. The quantitative estimate of drug-likeness (QED) is 0.783. The van der Waals surface area contributed by atoms with Crippen LogP contribution < -0.4 is 5.32 Å². The van der Waals surface area contributed by atoms with Crippen LogP contribution in [0.25, 0.3) is 0 Å². The molecule has 6 heteroatoms. The highest BCUT2D eigenvalue weighted by Crippen LogP contribution is 2.21. The second-order valence-corrected chi connectivity index (χ2v) is 5.42. The average molecular weight is 292 g/mol. The summed E-state index contributed by atoms with van der Waals surface area (Å²) in [7, 11) is 0. The lowest BCUT2D eigenvalue weighted by molar-refractivity contribution is -0.141. The highest BCUT2D eigenvalue weighted by Gasteiger charge is 2.39. The number of urea groups is 1. The van der Waals surface area contributed by atoms with Crippen molar-refractivity contribution >= 4 is 12.0 Å². The molecule has 1 unspecified atom stereocenters. The number of benzene rings is 1. The van der Waals surface area contributed by atoms with Gasteiger partial charge in [0.2, 0.25) is 0 Å². The summed E-state index contributed by atoms with van der Waals surface area (Å²) in [6.07, 6.45) is -0.716. The molecule has 3 atom stereocenters. The van der Waals surface area contributed by atoms with E-state index >= 15 is 0 Å². The van der Waals surface area contributed by atoms with Gasteiger partial charge in [-0.25, -0.2) is 9.59 Å². The Morgan fingerprint density at radius 1 is 1.38 bits per heavy atom. The third kappa shape index (κ3) is 3.33. The number of aliphatic carboxylic acids is 1. The average Bonchev–Trinajstić information content (AvgIpc) is 2.81. The molecule has 0 radical (unpaired) electrons. The number of β-amino-alcohol motifs (C(OH)–C–C–N with tert-alkyl or cyclic N) is 1. The van der Waals surface area contributed by atoms with Crippen LogP contribution in [0.3, 0.4) is 0 Å². The number of aliphatic hydroxyl groups is 1. The second kappa shape index (κ2) is 6.13. The van der Waals surface area contributed by atoms with Crippen LogP contribution in [0, 0.1) is 6.92 Å². The number of aryl methyl sites for hydroxylation is 1. The van der Waals surface area contributed by atoms with Crippen molar-refractivity contribution in [2.45, 2.75) is 38.5 Å². The number of hydrogen-bond donors (Lipinski definition) is 3. The minimum atomic E-state index is -1.09. The van der Waals surface area contributed by atoms with E-state index in [9.17, 15) is 14.7 Å². The minimum absolute atomic E-state index is 0.0449. The van der Waals surface area contributed by atoms with E-state index < -0.39 is 24.1 Å². The second-order valence-electron chi connectivity index (χ2n) is 5.42. The first kappa shape index (κ1) is 15.3. The number of carboxylic acids is 1. The zero-order chi connectivity index (χ0) is 15.6. The lowest BCUT2D eigenvalue weighted by Gasteiger charge is -2.25. The van der Waals surface area contributed by atoms with Gasteiger partial charge >= 0.3 is 12.0 Å². The maximum absolute atomic E-state index is 12.2. The molecule has 2 rings (SSSR count). The summed E-state index contributed by atoms with van der Waals surface area (Å²) in [4.78, 5) is 24.6. The van der Waals surface area contributed by atoms with Gasteiger partial charge < -0.3 is 20.4 Å². The zero-order valence-corrected chi connectivity index (χ0v) is 12.1. The standard InChI is InChI=1S/C15H20N2O4/c1-9-5-3-4-6-12(9)10(2)16-15(21)17-8-11(18)7-13(17)14(19)20/h3-6,10-11,13,18H,7-8H2,1-2H3,(H,16,21)(H,19,20)/t10?,11-,13-/m0/s1. The van der Waals surface area contributed by atoms with Crippen LogP contribution in [0.4, 0.5) is 4.79 Å². The van der Waals surface area contributed by atoms with E-state index in [4.69, 9.17) is 5.11 Å². The summed E-state index contributed by atoms with van der Waals surface area (Å²) in [5.41, 5.74) is 2.04. The van der Waals surface area contributed by atoms with Crippen molar-refractivity contribution in [1.82, 2.24) is 10.2 Å². The lowest BCUT2D eigenvalue weighted by atomic mass is 10.0. The molecule has 1 saturated heterocycles. The number of carboxylic acid groups (broad SMARTS) is 1. The van der Waals surface area contributed by atoms with Crippen LogP contribution in [0.15, 0.2) is 24.3 Å². The van der Waals surface area contributed by atoms with Gasteiger partial charge in [0.15, 0.2) is 0 Å². The van der Waals surface area contributed by atoms with Gasteiger partial charge in [-0.2, -0.15) is 0 Å². The fourth-order valence-electron chi connectivity index (χ4n) is 2.69. The van der Waals surface area contributed by atoms with E-state index in [0.29, 0.717) is 0 Å². The van der Waals surface area contributed by atoms with E-state index in [1.54, 1.807) is 0 Å². The van der Waals surface area contributed by atoms with Gasteiger partial charge in [0.1, 0.15) is 6.04 Å². The Kier molecular flexibility index (Phi) is 4.47. The Labute approximate surface area is 123 Å². The van der Waals surface area contributed by atoms with Gasteiger partial charge in [0.05, 0.1) is 12.1 Å². The molecule has 0 aliphatic carbocycles. The lowest BCUT2D eigenvalue weighted by Crippen LogP contribution is -2.46. The first-order valence-corrected chi connectivity index (χ1v) is 6.93. The zero-order valence-electron chi connectivity index (χ0n) is 12.1. The number of carbonyl (C=O) groups excluding carboxylic acids is 1. The number of nitrogens with one attached hydrogen (secondary N) is 1. The Hall–Kier alpha value is -2.08. The summed E-state index contributed by atoms with van der Waals surface area (Å²) in [5.74, 6) is -1.09. The Balaban J connectivity index is 2.07. The molecule has 114 valence electrons. The molecule has 0 saturated carbocycles. The molecule has 0 aromatic heterocycles. The first-order chi connectivity index (χ1) is 9.90. The molecule has 0 bridgehead atoms. The largest absolute Gasteiger partial charge is 0.480 e. The Morgan fingerprint density at radius 2 is 2.05 bits per heavy atom. The Morgan fingerprint density at radius 3 is 2.67 bits per heavy atom. The van der Waals surface area contributed by atoms with Gasteiger partial charge in [0.25, 0.3) is 0 Å². The predicted octanol–water partition coefficient (Wildman–Crippen LogP) is 1.29. The monoisotopic (exact) mass is 292 g/mol. The van der Waals surface area contributed by atoms with Crippen molar-refractivity contribution in [3.63, 3.8) is 0 Å². The van der Waals surface area contributed by atoms with E-state index in [1.165, 1.54) is 4.90 Å². The summed E-state index contributed by atoms with van der Waals surface area (Å²) in [6.45, 7) is 3.85. The van der Waals surface area contributed by atoms with Gasteiger partial charge in [-0.3, -0.25) is 0 Å². The van der Waals surface area contributed by atoms with E-state index in [-0.39, 0.29) is 19.0 Å². The van der Waals surface area contributed by atoms with E-state index in [1.807, 2.05) is 38.1 Å². The number of carbonyl (C=O) groups is 2.